The maximum atomic E-state index is 13.9. The third-order valence-corrected chi connectivity index (χ3v) is 3.49. The van der Waals surface area contributed by atoms with Gasteiger partial charge in [0.1, 0.15) is 11.5 Å². The number of hydrogen-bond acceptors (Lipinski definition) is 3. The van der Waals surface area contributed by atoms with Gasteiger partial charge >= 0.3 is 0 Å². The first-order valence-electron chi connectivity index (χ1n) is 6.74. The molecule has 0 aliphatic rings. The number of aliphatic hydroxyl groups excluding tert-OH is 1. The average molecular weight is 295 g/mol. The van der Waals surface area contributed by atoms with Crippen molar-refractivity contribution in [2.75, 3.05) is 20.2 Å². The van der Waals surface area contributed by atoms with Gasteiger partial charge in [-0.2, -0.15) is 5.10 Å². The van der Waals surface area contributed by atoms with Crippen LogP contribution in [0.2, 0.25) is 0 Å². The largest absolute Gasteiger partial charge is 0.395 e. The van der Waals surface area contributed by atoms with Gasteiger partial charge in [-0.25, -0.2) is 13.5 Å². The van der Waals surface area contributed by atoms with Crippen molar-refractivity contribution in [1.82, 2.24) is 14.7 Å². The average Bonchev–Trinajstić information content (AvgIpc) is 2.67. The van der Waals surface area contributed by atoms with Crippen LogP contribution >= 0.6 is 0 Å². The molecule has 0 aliphatic heterocycles. The van der Waals surface area contributed by atoms with E-state index in [2.05, 4.69) is 5.10 Å². The highest BCUT2D eigenvalue weighted by atomic mass is 19.1. The Morgan fingerprint density at radius 1 is 1.29 bits per heavy atom. The number of nitrogens with zero attached hydrogens (tertiary/aromatic N) is 3. The van der Waals surface area contributed by atoms with Gasteiger partial charge in [-0.05, 0) is 33.0 Å². The molecule has 0 atom stereocenters. The molecule has 6 heteroatoms. The lowest BCUT2D eigenvalue weighted by Crippen LogP contribution is -2.22. The highest BCUT2D eigenvalue weighted by molar-refractivity contribution is 5.38. The van der Waals surface area contributed by atoms with Gasteiger partial charge < -0.3 is 5.11 Å². The van der Waals surface area contributed by atoms with Crippen molar-refractivity contribution in [2.45, 2.75) is 20.4 Å². The zero-order chi connectivity index (χ0) is 15.6. The summed E-state index contributed by atoms with van der Waals surface area (Å²) in [5, 5.41) is 13.3. The van der Waals surface area contributed by atoms with Crippen molar-refractivity contribution in [3.05, 3.63) is 46.8 Å². The van der Waals surface area contributed by atoms with Gasteiger partial charge in [0.05, 0.1) is 12.3 Å². The standard InChI is InChI=1S/C15H19F2N3O/c1-10-13(9-19(3)6-7-21)11(2)20(18-10)15-5-4-12(16)8-14(15)17/h4-5,8,21H,6-7,9H2,1-3H3. The summed E-state index contributed by atoms with van der Waals surface area (Å²) >= 11 is 0. The fourth-order valence-electron chi connectivity index (χ4n) is 2.31. The Labute approximate surface area is 122 Å². The molecule has 1 aromatic heterocycles. The van der Waals surface area contributed by atoms with Crippen LogP contribution in [0.1, 0.15) is 17.0 Å². The minimum Gasteiger partial charge on any atom is -0.395 e. The van der Waals surface area contributed by atoms with Crippen molar-refractivity contribution >= 4 is 0 Å². The number of aliphatic hydroxyl groups is 1. The van der Waals surface area contributed by atoms with E-state index in [4.69, 9.17) is 5.11 Å². The van der Waals surface area contributed by atoms with Gasteiger partial charge in [-0.1, -0.05) is 0 Å². The molecule has 1 aromatic carbocycles. The molecule has 0 aliphatic carbocycles. The topological polar surface area (TPSA) is 41.3 Å². The molecule has 0 saturated heterocycles. The van der Waals surface area contributed by atoms with E-state index in [9.17, 15) is 8.78 Å². The zero-order valence-corrected chi connectivity index (χ0v) is 12.4. The lowest BCUT2D eigenvalue weighted by molar-refractivity contribution is 0.217. The van der Waals surface area contributed by atoms with Gasteiger partial charge in [-0.15, -0.1) is 0 Å². The molecule has 0 fully saturated rings. The van der Waals surface area contributed by atoms with Crippen molar-refractivity contribution in [2.24, 2.45) is 0 Å². The molecule has 1 heterocycles. The minimum atomic E-state index is -0.643. The summed E-state index contributed by atoms with van der Waals surface area (Å²) < 4.78 is 28.4. The molecule has 114 valence electrons. The smallest absolute Gasteiger partial charge is 0.151 e. The summed E-state index contributed by atoms with van der Waals surface area (Å²) in [4.78, 5) is 1.96. The maximum absolute atomic E-state index is 13.9. The van der Waals surface area contributed by atoms with E-state index in [-0.39, 0.29) is 12.3 Å². The van der Waals surface area contributed by atoms with E-state index in [1.807, 2.05) is 25.8 Å². The Morgan fingerprint density at radius 2 is 2.00 bits per heavy atom. The fourth-order valence-corrected chi connectivity index (χ4v) is 2.31. The lowest BCUT2D eigenvalue weighted by atomic mass is 10.2. The van der Waals surface area contributed by atoms with Crippen LogP contribution in [0.4, 0.5) is 8.78 Å². The predicted molar refractivity (Wildman–Crippen MR) is 76.4 cm³/mol. The van der Waals surface area contributed by atoms with Crippen LogP contribution in [-0.2, 0) is 6.54 Å². The van der Waals surface area contributed by atoms with Gasteiger partial charge in [0.25, 0.3) is 0 Å². The Kier molecular flexibility index (Phi) is 4.69. The number of aryl methyl sites for hydroxylation is 1. The van der Waals surface area contributed by atoms with Crippen molar-refractivity contribution in [3.63, 3.8) is 0 Å². The second kappa shape index (κ2) is 6.32. The quantitative estimate of drug-likeness (QED) is 0.919. The Bertz CT molecular complexity index is 640. The van der Waals surface area contributed by atoms with E-state index < -0.39 is 11.6 Å². The first-order chi connectivity index (χ1) is 9.93. The summed E-state index contributed by atoms with van der Waals surface area (Å²) in [6.45, 7) is 4.95. The van der Waals surface area contributed by atoms with Crippen molar-refractivity contribution in [1.29, 1.82) is 0 Å². The highest BCUT2D eigenvalue weighted by Gasteiger charge is 2.16. The van der Waals surface area contributed by atoms with E-state index in [0.717, 1.165) is 23.0 Å². The molecule has 2 rings (SSSR count). The SMILES string of the molecule is Cc1nn(-c2ccc(F)cc2F)c(C)c1CN(C)CCO. The number of rotatable bonds is 5. The molecular weight excluding hydrogens is 276 g/mol. The number of hydrogen-bond donors (Lipinski definition) is 1. The molecule has 2 aromatic rings. The van der Waals surface area contributed by atoms with Gasteiger partial charge in [0.15, 0.2) is 5.82 Å². The van der Waals surface area contributed by atoms with Crippen molar-refractivity contribution in [3.8, 4) is 5.69 Å². The molecule has 0 radical (unpaired) electrons. The highest BCUT2D eigenvalue weighted by Crippen LogP contribution is 2.21. The van der Waals surface area contributed by atoms with E-state index in [0.29, 0.717) is 13.1 Å². The fraction of sp³-hybridized carbons (Fsp3) is 0.400. The van der Waals surface area contributed by atoms with E-state index >= 15 is 0 Å². The molecule has 21 heavy (non-hydrogen) atoms. The van der Waals surface area contributed by atoms with Crippen molar-refractivity contribution < 1.29 is 13.9 Å². The van der Waals surface area contributed by atoms with Crippen LogP contribution in [-0.4, -0.2) is 40.0 Å². The van der Waals surface area contributed by atoms with Gasteiger partial charge in [0.2, 0.25) is 0 Å². The monoisotopic (exact) mass is 295 g/mol. The normalized spacial score (nSPS) is 11.4. The number of aromatic nitrogens is 2. The summed E-state index contributed by atoms with van der Waals surface area (Å²) in [5.74, 6) is -1.25. The zero-order valence-electron chi connectivity index (χ0n) is 12.4. The second-order valence-corrected chi connectivity index (χ2v) is 5.12. The maximum Gasteiger partial charge on any atom is 0.151 e. The lowest BCUT2D eigenvalue weighted by Gasteiger charge is -2.15. The van der Waals surface area contributed by atoms with E-state index in [1.165, 1.54) is 16.8 Å². The van der Waals surface area contributed by atoms with E-state index in [1.54, 1.807) is 0 Å². The first kappa shape index (κ1) is 15.6. The third-order valence-electron chi connectivity index (χ3n) is 3.49. The molecular formula is C15H19F2N3O. The Hall–Kier alpha value is -1.79. The van der Waals surface area contributed by atoms with Crippen LogP contribution in [0.3, 0.4) is 0 Å². The van der Waals surface area contributed by atoms with Crippen LogP contribution in [0.5, 0.6) is 0 Å². The number of benzene rings is 1. The van der Waals surface area contributed by atoms with Crippen LogP contribution in [0.25, 0.3) is 5.69 Å². The van der Waals surface area contributed by atoms with Crippen LogP contribution < -0.4 is 0 Å². The molecule has 0 spiro atoms. The number of halogens is 2. The Balaban J connectivity index is 2.38. The third kappa shape index (κ3) is 3.28. The molecule has 0 amide bonds. The van der Waals surface area contributed by atoms with Gasteiger partial charge in [-0.3, -0.25) is 4.90 Å². The minimum absolute atomic E-state index is 0.0787. The molecule has 1 N–H and O–H groups in total. The first-order valence-corrected chi connectivity index (χ1v) is 6.74. The number of likely N-dealkylation sites (N-methyl/N-ethyl adjacent to an activating group) is 1. The molecule has 0 unspecified atom stereocenters. The van der Waals surface area contributed by atoms with Gasteiger partial charge in [0, 0.05) is 30.4 Å². The summed E-state index contributed by atoms with van der Waals surface area (Å²) in [7, 11) is 1.89. The summed E-state index contributed by atoms with van der Waals surface area (Å²) in [6.07, 6.45) is 0. The molecule has 0 bridgehead atoms. The predicted octanol–water partition coefficient (Wildman–Crippen LogP) is 2.19. The summed E-state index contributed by atoms with van der Waals surface area (Å²) in [5.41, 5.74) is 2.81. The summed E-state index contributed by atoms with van der Waals surface area (Å²) in [6, 6.07) is 3.45. The van der Waals surface area contributed by atoms with Crippen LogP contribution in [0, 0.1) is 25.5 Å². The second-order valence-electron chi connectivity index (χ2n) is 5.12. The Morgan fingerprint density at radius 3 is 2.62 bits per heavy atom. The van der Waals surface area contributed by atoms with Crippen LogP contribution in [0.15, 0.2) is 18.2 Å². The molecule has 4 nitrogen and oxygen atoms in total. The molecule has 0 saturated carbocycles.